The molecular formula is C22H26N2O5. The second-order valence-electron chi connectivity index (χ2n) is 7.30. The van der Waals surface area contributed by atoms with Gasteiger partial charge in [-0.05, 0) is 30.9 Å². The summed E-state index contributed by atoms with van der Waals surface area (Å²) in [5.41, 5.74) is -0.305. The average molecular weight is 398 g/mol. The maximum atomic E-state index is 12.7. The van der Waals surface area contributed by atoms with Gasteiger partial charge in [0.1, 0.15) is 11.6 Å². The Hall–Kier alpha value is -3.14. The monoisotopic (exact) mass is 398 g/mol. The number of amides is 3. The highest BCUT2D eigenvalue weighted by Gasteiger charge is 2.44. The number of terminal acetylenes is 1. The zero-order chi connectivity index (χ0) is 21.8. The second kappa shape index (κ2) is 8.91. The van der Waals surface area contributed by atoms with Crippen LogP contribution in [0.2, 0.25) is 0 Å². The van der Waals surface area contributed by atoms with Crippen LogP contribution in [0.3, 0.4) is 0 Å². The Bertz CT molecular complexity index is 829. The van der Waals surface area contributed by atoms with Gasteiger partial charge in [0.15, 0.2) is 6.61 Å². The highest BCUT2D eigenvalue weighted by molar-refractivity contribution is 6.22. The number of nitrogens with zero attached hydrogens (tertiary/aromatic N) is 1. The first-order valence-corrected chi connectivity index (χ1v) is 9.63. The van der Waals surface area contributed by atoms with E-state index in [-0.39, 0.29) is 11.1 Å². The highest BCUT2D eigenvalue weighted by Crippen LogP contribution is 2.27. The molecule has 2 rings (SSSR count). The minimum absolute atomic E-state index is 0.249. The van der Waals surface area contributed by atoms with E-state index in [1.54, 1.807) is 38.1 Å². The molecule has 1 atom stereocenters. The van der Waals surface area contributed by atoms with Gasteiger partial charge >= 0.3 is 5.97 Å². The van der Waals surface area contributed by atoms with Crippen molar-refractivity contribution in [1.29, 1.82) is 0 Å². The Balaban J connectivity index is 2.12. The van der Waals surface area contributed by atoms with Crippen molar-refractivity contribution in [3.05, 3.63) is 35.4 Å². The van der Waals surface area contributed by atoms with Gasteiger partial charge in [-0.25, -0.2) is 4.79 Å². The van der Waals surface area contributed by atoms with E-state index in [4.69, 9.17) is 11.2 Å². The lowest BCUT2D eigenvalue weighted by molar-refractivity contribution is -0.154. The fraction of sp³-hybridized carbons (Fsp3) is 0.455. The maximum absolute atomic E-state index is 12.7. The van der Waals surface area contributed by atoms with Crippen LogP contribution in [0.4, 0.5) is 0 Å². The Morgan fingerprint density at radius 1 is 1.14 bits per heavy atom. The number of rotatable bonds is 8. The predicted molar refractivity (Wildman–Crippen MR) is 107 cm³/mol. The van der Waals surface area contributed by atoms with Crippen LogP contribution in [0, 0.1) is 18.3 Å². The van der Waals surface area contributed by atoms with E-state index in [2.05, 4.69) is 11.2 Å². The van der Waals surface area contributed by atoms with Crippen molar-refractivity contribution in [3.63, 3.8) is 0 Å². The Morgan fingerprint density at radius 3 is 2.07 bits per heavy atom. The van der Waals surface area contributed by atoms with Crippen molar-refractivity contribution in [2.75, 3.05) is 6.61 Å². The number of fused-ring (bicyclic) bond motifs is 1. The molecule has 0 radical (unpaired) electrons. The first kappa shape index (κ1) is 22.2. The molecule has 0 saturated heterocycles. The largest absolute Gasteiger partial charge is 0.454 e. The van der Waals surface area contributed by atoms with Crippen molar-refractivity contribution >= 4 is 23.7 Å². The van der Waals surface area contributed by atoms with Crippen LogP contribution in [0.15, 0.2) is 24.3 Å². The minimum Gasteiger partial charge on any atom is -0.454 e. The van der Waals surface area contributed by atoms with Gasteiger partial charge in [-0.1, -0.05) is 45.7 Å². The Labute approximate surface area is 170 Å². The molecule has 7 nitrogen and oxygen atoms in total. The van der Waals surface area contributed by atoms with Crippen molar-refractivity contribution in [3.8, 4) is 12.3 Å². The molecule has 154 valence electrons. The van der Waals surface area contributed by atoms with Crippen LogP contribution in [-0.4, -0.2) is 46.8 Å². The van der Waals surface area contributed by atoms with Gasteiger partial charge in [0.2, 0.25) is 0 Å². The van der Waals surface area contributed by atoms with Crippen LogP contribution in [0.25, 0.3) is 0 Å². The Kier molecular flexibility index (Phi) is 6.80. The quantitative estimate of drug-likeness (QED) is 0.412. The molecule has 0 bridgehead atoms. The van der Waals surface area contributed by atoms with E-state index in [1.165, 1.54) is 0 Å². The lowest BCUT2D eigenvalue weighted by Crippen LogP contribution is -2.51. The topological polar surface area (TPSA) is 92.8 Å². The maximum Gasteiger partial charge on any atom is 0.330 e. The third-order valence-electron chi connectivity index (χ3n) is 5.18. The number of nitrogens with one attached hydrogen (secondary N) is 1. The first-order valence-electron chi connectivity index (χ1n) is 9.63. The normalized spacial score (nSPS) is 14.4. The molecule has 1 N–H and O–H groups in total. The molecular weight excluding hydrogens is 372 g/mol. The lowest BCUT2D eigenvalue weighted by Gasteiger charge is -2.29. The summed E-state index contributed by atoms with van der Waals surface area (Å²) in [4.78, 5) is 51.2. The van der Waals surface area contributed by atoms with Gasteiger partial charge in [-0.3, -0.25) is 19.3 Å². The van der Waals surface area contributed by atoms with E-state index in [1.807, 2.05) is 13.8 Å². The van der Waals surface area contributed by atoms with E-state index >= 15 is 0 Å². The molecule has 0 aromatic heterocycles. The van der Waals surface area contributed by atoms with Crippen molar-refractivity contribution < 1.29 is 23.9 Å². The third kappa shape index (κ3) is 4.32. The van der Waals surface area contributed by atoms with Crippen LogP contribution in [0.1, 0.15) is 61.3 Å². The van der Waals surface area contributed by atoms with Crippen molar-refractivity contribution in [1.82, 2.24) is 10.2 Å². The molecule has 1 aliphatic rings. The van der Waals surface area contributed by atoms with Crippen LogP contribution < -0.4 is 5.32 Å². The van der Waals surface area contributed by atoms with E-state index in [0.29, 0.717) is 12.8 Å². The standard InChI is InChI=1S/C22H26N2O5/c1-6-22(7-2,8-3)23-17(25)13-29-21(28)18(14(4)5)24-19(26)15-11-9-10-12-16(15)20(24)27/h1,9-12,14,18H,7-8,13H2,2-5H3,(H,23,25)/t18-/m0/s1. The molecule has 1 aromatic rings. The number of hydrogen-bond acceptors (Lipinski definition) is 5. The van der Waals surface area contributed by atoms with Crippen LogP contribution in [0.5, 0.6) is 0 Å². The summed E-state index contributed by atoms with van der Waals surface area (Å²) in [6, 6.07) is 5.26. The summed E-state index contributed by atoms with van der Waals surface area (Å²) in [5, 5.41) is 2.70. The molecule has 7 heteroatoms. The summed E-state index contributed by atoms with van der Waals surface area (Å²) in [5.74, 6) is -0.276. The predicted octanol–water partition coefficient (Wildman–Crippen LogP) is 2.16. The lowest BCUT2D eigenvalue weighted by atomic mass is 9.94. The van der Waals surface area contributed by atoms with Crippen LogP contribution in [-0.2, 0) is 14.3 Å². The highest BCUT2D eigenvalue weighted by atomic mass is 16.5. The van der Waals surface area contributed by atoms with Crippen molar-refractivity contribution in [2.45, 2.75) is 52.1 Å². The summed E-state index contributed by atoms with van der Waals surface area (Å²) in [6.45, 7) is 6.56. The smallest absolute Gasteiger partial charge is 0.330 e. The number of carbonyl (C=O) groups is 4. The molecule has 29 heavy (non-hydrogen) atoms. The molecule has 0 spiro atoms. The zero-order valence-electron chi connectivity index (χ0n) is 17.2. The summed E-state index contributed by atoms with van der Waals surface area (Å²) in [7, 11) is 0. The Morgan fingerprint density at radius 2 is 1.66 bits per heavy atom. The number of ether oxygens (including phenoxy) is 1. The first-order chi connectivity index (χ1) is 13.7. The fourth-order valence-electron chi connectivity index (χ4n) is 3.33. The zero-order valence-corrected chi connectivity index (χ0v) is 17.2. The number of imide groups is 1. The van der Waals surface area contributed by atoms with Gasteiger partial charge in [-0.15, -0.1) is 6.42 Å². The molecule has 0 unspecified atom stereocenters. The van der Waals surface area contributed by atoms with Gasteiger partial charge < -0.3 is 10.1 Å². The van der Waals surface area contributed by atoms with Crippen LogP contribution >= 0.6 is 0 Å². The van der Waals surface area contributed by atoms with Crippen molar-refractivity contribution in [2.24, 2.45) is 5.92 Å². The molecule has 1 aliphatic heterocycles. The van der Waals surface area contributed by atoms with E-state index < -0.39 is 47.8 Å². The third-order valence-corrected chi connectivity index (χ3v) is 5.18. The average Bonchev–Trinajstić information content (AvgIpc) is 2.96. The van der Waals surface area contributed by atoms with Gasteiger partial charge in [-0.2, -0.15) is 0 Å². The molecule has 0 aliphatic carbocycles. The number of esters is 1. The summed E-state index contributed by atoms with van der Waals surface area (Å²) >= 11 is 0. The molecule has 0 fully saturated rings. The molecule has 3 amide bonds. The van der Waals surface area contributed by atoms with E-state index in [0.717, 1.165) is 4.90 Å². The summed E-state index contributed by atoms with van der Waals surface area (Å²) in [6.07, 6.45) is 6.58. The molecule has 1 heterocycles. The second-order valence-corrected chi connectivity index (χ2v) is 7.30. The molecule has 0 saturated carbocycles. The minimum atomic E-state index is -1.13. The van der Waals surface area contributed by atoms with Gasteiger partial charge in [0.25, 0.3) is 17.7 Å². The fourth-order valence-corrected chi connectivity index (χ4v) is 3.33. The van der Waals surface area contributed by atoms with Gasteiger partial charge in [0.05, 0.1) is 11.1 Å². The van der Waals surface area contributed by atoms with E-state index in [9.17, 15) is 19.2 Å². The number of carbonyl (C=O) groups excluding carboxylic acids is 4. The SMILES string of the molecule is C#CC(CC)(CC)NC(=O)COC(=O)[C@H](C(C)C)N1C(=O)c2ccccc2C1=O. The number of hydrogen-bond donors (Lipinski definition) is 1. The van der Waals surface area contributed by atoms with Gasteiger partial charge in [0, 0.05) is 0 Å². The number of benzene rings is 1. The molecule has 1 aromatic carbocycles. The summed E-state index contributed by atoms with van der Waals surface area (Å²) < 4.78 is 5.15.